The molecule has 0 radical (unpaired) electrons. The molecule has 0 aliphatic rings. The maximum absolute atomic E-state index is 13.4. The molecule has 19 heavy (non-hydrogen) atoms. The first-order valence-corrected chi connectivity index (χ1v) is 7.71. The van der Waals surface area contributed by atoms with Gasteiger partial charge in [-0.1, -0.05) is 19.1 Å². The lowest BCUT2D eigenvalue weighted by molar-refractivity contribution is 0.569. The largest absolute Gasteiger partial charge is 0.316 e. The average Bonchev–Trinajstić information content (AvgIpc) is 2.91. The van der Waals surface area contributed by atoms with Crippen molar-refractivity contribution in [1.29, 1.82) is 0 Å². The first kappa shape index (κ1) is 14.2. The molecule has 1 aromatic carbocycles. The van der Waals surface area contributed by atoms with E-state index in [1.165, 1.54) is 11.6 Å². The molecule has 1 N–H and O–H groups in total. The second-order valence-corrected chi connectivity index (χ2v) is 5.57. The van der Waals surface area contributed by atoms with Crippen LogP contribution in [0.4, 0.5) is 4.39 Å². The Bertz CT molecular complexity index is 481. The van der Waals surface area contributed by atoms with Crippen LogP contribution in [0.15, 0.2) is 41.1 Å². The van der Waals surface area contributed by atoms with Crippen LogP contribution in [-0.2, 0) is 6.42 Å². The summed E-state index contributed by atoms with van der Waals surface area (Å²) < 4.78 is 13.4. The molecule has 1 heterocycles. The predicted molar refractivity (Wildman–Crippen MR) is 80.3 cm³/mol. The van der Waals surface area contributed by atoms with Crippen molar-refractivity contribution in [3.63, 3.8) is 0 Å². The summed E-state index contributed by atoms with van der Waals surface area (Å²) >= 11 is 1.71. The van der Waals surface area contributed by atoms with E-state index >= 15 is 0 Å². The van der Waals surface area contributed by atoms with Crippen LogP contribution in [-0.4, -0.2) is 13.1 Å². The maximum Gasteiger partial charge on any atom is 0.123 e. The molecule has 0 amide bonds. The second-order valence-electron chi connectivity index (χ2n) is 4.79. The van der Waals surface area contributed by atoms with Gasteiger partial charge in [0.15, 0.2) is 0 Å². The summed E-state index contributed by atoms with van der Waals surface area (Å²) in [7, 11) is 0. The summed E-state index contributed by atoms with van der Waals surface area (Å²) in [5.41, 5.74) is 2.41. The fraction of sp³-hybridized carbons (Fsp3) is 0.375. The van der Waals surface area contributed by atoms with Crippen LogP contribution < -0.4 is 5.32 Å². The molecule has 1 unspecified atom stereocenters. The highest BCUT2D eigenvalue weighted by molar-refractivity contribution is 7.07. The summed E-state index contributed by atoms with van der Waals surface area (Å²) in [6.45, 7) is 4.06. The fourth-order valence-corrected chi connectivity index (χ4v) is 2.90. The monoisotopic (exact) mass is 277 g/mol. The molecule has 1 aromatic heterocycles. The Morgan fingerprint density at radius 3 is 2.89 bits per heavy atom. The van der Waals surface area contributed by atoms with E-state index in [9.17, 15) is 4.39 Å². The Labute approximate surface area is 118 Å². The molecule has 0 saturated heterocycles. The third-order valence-corrected chi connectivity index (χ3v) is 3.93. The zero-order valence-corrected chi connectivity index (χ0v) is 12.0. The van der Waals surface area contributed by atoms with Gasteiger partial charge in [-0.05, 0) is 59.5 Å². The van der Waals surface area contributed by atoms with Crippen molar-refractivity contribution in [3.8, 4) is 0 Å². The van der Waals surface area contributed by atoms with E-state index in [1.54, 1.807) is 23.5 Å². The molecule has 0 saturated carbocycles. The van der Waals surface area contributed by atoms with Crippen molar-refractivity contribution in [2.75, 3.05) is 13.1 Å². The molecule has 0 aliphatic heterocycles. The molecule has 2 aromatic rings. The number of rotatable bonds is 7. The van der Waals surface area contributed by atoms with Gasteiger partial charge in [0.1, 0.15) is 5.82 Å². The highest BCUT2D eigenvalue weighted by Crippen LogP contribution is 2.22. The van der Waals surface area contributed by atoms with Crippen molar-refractivity contribution in [2.24, 2.45) is 0 Å². The molecule has 2 rings (SSSR count). The van der Waals surface area contributed by atoms with Gasteiger partial charge in [0.2, 0.25) is 0 Å². The van der Waals surface area contributed by atoms with Gasteiger partial charge >= 0.3 is 0 Å². The molecular formula is C16H20FNS. The average molecular weight is 277 g/mol. The zero-order valence-electron chi connectivity index (χ0n) is 11.2. The number of halogens is 1. The summed E-state index contributed by atoms with van der Waals surface area (Å²) in [6.07, 6.45) is 2.08. The minimum atomic E-state index is -0.150. The molecule has 0 spiro atoms. The molecule has 102 valence electrons. The third kappa shape index (κ3) is 4.44. The van der Waals surface area contributed by atoms with Gasteiger partial charge < -0.3 is 5.32 Å². The van der Waals surface area contributed by atoms with Gasteiger partial charge in [0.25, 0.3) is 0 Å². The van der Waals surface area contributed by atoms with Gasteiger partial charge in [-0.2, -0.15) is 11.3 Å². The lowest BCUT2D eigenvalue weighted by atomic mass is 9.93. The van der Waals surface area contributed by atoms with Gasteiger partial charge in [0, 0.05) is 12.5 Å². The highest BCUT2D eigenvalue weighted by atomic mass is 32.1. The predicted octanol–water partition coefficient (Wildman–Crippen LogP) is 4.21. The van der Waals surface area contributed by atoms with Crippen LogP contribution in [0.1, 0.15) is 30.4 Å². The fourth-order valence-electron chi connectivity index (χ4n) is 2.21. The normalized spacial score (nSPS) is 12.5. The number of hydrogen-bond donors (Lipinski definition) is 1. The minimum absolute atomic E-state index is 0.150. The molecule has 0 fully saturated rings. The van der Waals surface area contributed by atoms with Gasteiger partial charge in [-0.25, -0.2) is 4.39 Å². The van der Waals surface area contributed by atoms with Crippen molar-refractivity contribution in [1.82, 2.24) is 5.32 Å². The molecule has 1 atom stereocenters. The summed E-state index contributed by atoms with van der Waals surface area (Å²) in [5, 5.41) is 7.71. The third-order valence-electron chi connectivity index (χ3n) is 3.20. The van der Waals surface area contributed by atoms with Gasteiger partial charge in [0.05, 0.1) is 0 Å². The van der Waals surface area contributed by atoms with Crippen LogP contribution in [0.25, 0.3) is 0 Å². The van der Waals surface area contributed by atoms with E-state index in [0.717, 1.165) is 31.5 Å². The Balaban J connectivity index is 2.08. The van der Waals surface area contributed by atoms with Crippen LogP contribution in [0.2, 0.25) is 0 Å². The number of hydrogen-bond acceptors (Lipinski definition) is 2. The number of thiophene rings is 1. The standard InChI is InChI=1S/C16H20FNS/c1-2-7-18-11-15(9-13-6-8-19-12-13)14-4-3-5-16(17)10-14/h3-6,8,10,12,15,18H,2,7,9,11H2,1H3. The van der Waals surface area contributed by atoms with Crippen molar-refractivity contribution >= 4 is 11.3 Å². The second kappa shape index (κ2) is 7.41. The molecule has 1 nitrogen and oxygen atoms in total. The van der Waals surface area contributed by atoms with Crippen molar-refractivity contribution in [2.45, 2.75) is 25.7 Å². The van der Waals surface area contributed by atoms with Gasteiger partial charge in [-0.15, -0.1) is 0 Å². The minimum Gasteiger partial charge on any atom is -0.316 e. The smallest absolute Gasteiger partial charge is 0.123 e. The van der Waals surface area contributed by atoms with Crippen molar-refractivity contribution < 1.29 is 4.39 Å². The zero-order chi connectivity index (χ0) is 13.5. The number of benzene rings is 1. The summed E-state index contributed by atoms with van der Waals surface area (Å²) in [6, 6.07) is 9.13. The van der Waals surface area contributed by atoms with Crippen LogP contribution >= 0.6 is 11.3 Å². The lowest BCUT2D eigenvalue weighted by Gasteiger charge is -2.17. The Morgan fingerprint density at radius 1 is 1.32 bits per heavy atom. The van der Waals surface area contributed by atoms with E-state index in [1.807, 2.05) is 6.07 Å². The molecule has 0 aliphatic carbocycles. The van der Waals surface area contributed by atoms with Crippen LogP contribution in [0.5, 0.6) is 0 Å². The maximum atomic E-state index is 13.4. The molecule has 3 heteroatoms. The van der Waals surface area contributed by atoms with Crippen molar-refractivity contribution in [3.05, 3.63) is 58.0 Å². The highest BCUT2D eigenvalue weighted by Gasteiger charge is 2.13. The first-order valence-electron chi connectivity index (χ1n) is 6.77. The Kier molecular flexibility index (Phi) is 5.55. The Morgan fingerprint density at radius 2 is 2.21 bits per heavy atom. The quantitative estimate of drug-likeness (QED) is 0.747. The van der Waals surface area contributed by atoms with Crippen LogP contribution in [0.3, 0.4) is 0 Å². The van der Waals surface area contributed by atoms with E-state index in [4.69, 9.17) is 0 Å². The molecular weight excluding hydrogens is 257 g/mol. The number of nitrogens with one attached hydrogen (secondary N) is 1. The lowest BCUT2D eigenvalue weighted by Crippen LogP contribution is -2.23. The first-order chi connectivity index (χ1) is 9.29. The SMILES string of the molecule is CCCNCC(Cc1ccsc1)c1cccc(F)c1. The van der Waals surface area contributed by atoms with Gasteiger partial charge in [-0.3, -0.25) is 0 Å². The van der Waals surface area contributed by atoms with E-state index < -0.39 is 0 Å². The van der Waals surface area contributed by atoms with E-state index in [2.05, 4.69) is 29.1 Å². The Hall–Kier alpha value is -1.19. The topological polar surface area (TPSA) is 12.0 Å². The van der Waals surface area contributed by atoms with E-state index in [-0.39, 0.29) is 5.82 Å². The molecule has 0 bridgehead atoms. The van der Waals surface area contributed by atoms with E-state index in [0.29, 0.717) is 5.92 Å². The van der Waals surface area contributed by atoms with Crippen LogP contribution in [0, 0.1) is 5.82 Å². The summed E-state index contributed by atoms with van der Waals surface area (Å²) in [5.74, 6) is 0.181. The summed E-state index contributed by atoms with van der Waals surface area (Å²) in [4.78, 5) is 0.